The Kier molecular flexibility index (Phi) is 4.48. The molecule has 0 aromatic carbocycles. The minimum absolute atomic E-state index is 0.350. The largest absolute Gasteiger partial charge is 0.113 e. The highest BCUT2D eigenvalue weighted by Crippen LogP contribution is 2.30. The summed E-state index contributed by atoms with van der Waals surface area (Å²) in [7, 11) is 1.04. The van der Waals surface area contributed by atoms with Crippen LogP contribution < -0.4 is 0 Å². The van der Waals surface area contributed by atoms with Crippen LogP contribution in [0.3, 0.4) is 0 Å². The Hall–Kier alpha value is 0.170. The van der Waals surface area contributed by atoms with E-state index >= 15 is 0 Å². The fourth-order valence-corrected chi connectivity index (χ4v) is 1.63. The Labute approximate surface area is 79.6 Å². The average molecular weight is 186 g/mol. The van der Waals surface area contributed by atoms with Crippen molar-refractivity contribution in [1.29, 1.82) is 0 Å². The second-order valence-electron chi connectivity index (χ2n) is 5.40. The summed E-state index contributed by atoms with van der Waals surface area (Å²) in [5.74, 6) is 0. The highest BCUT2D eigenvalue weighted by molar-refractivity contribution is 7.40. The van der Waals surface area contributed by atoms with Crippen LogP contribution in [-0.4, -0.2) is 11.3 Å². The van der Waals surface area contributed by atoms with Gasteiger partial charge in [0.1, 0.15) is 0 Å². The topological polar surface area (TPSA) is 0 Å². The first kappa shape index (κ1) is 12.2. The maximum absolute atomic E-state index is 2.32. The average Bonchev–Trinajstić information content (AvgIpc) is 1.76. The summed E-state index contributed by atoms with van der Waals surface area (Å²) in [5, 5.41) is 0.502. The van der Waals surface area contributed by atoms with E-state index < -0.39 is 0 Å². The van der Waals surface area contributed by atoms with Gasteiger partial charge in [-0.25, -0.2) is 0 Å². The van der Waals surface area contributed by atoms with Crippen molar-refractivity contribution in [3.8, 4) is 0 Å². The van der Waals surface area contributed by atoms with Gasteiger partial charge in [-0.2, -0.15) is 0 Å². The Morgan fingerprint density at radius 1 is 1.00 bits per heavy atom. The first-order chi connectivity index (χ1) is 5.21. The summed E-state index contributed by atoms with van der Waals surface area (Å²) in [6.07, 6.45) is 5.87. The van der Waals surface area contributed by atoms with Crippen LogP contribution in [-0.2, 0) is 0 Å². The van der Waals surface area contributed by atoms with Crippen LogP contribution in [0.5, 0.6) is 0 Å². The molecule has 12 heavy (non-hydrogen) atoms. The predicted octanol–water partition coefficient (Wildman–Crippen LogP) is 4.07. The normalized spacial score (nSPS) is 15.2. The molecule has 0 nitrogen and oxygen atoms in total. The van der Waals surface area contributed by atoms with Crippen molar-refractivity contribution in [2.45, 2.75) is 46.7 Å². The molecule has 0 bridgehead atoms. The van der Waals surface area contributed by atoms with Gasteiger partial charge in [0, 0.05) is 0 Å². The van der Waals surface area contributed by atoms with E-state index in [0.717, 1.165) is 8.58 Å². The van der Waals surface area contributed by atoms with Crippen LogP contribution in [0.1, 0.15) is 41.5 Å². The molecule has 0 N–H and O–H groups in total. The van der Waals surface area contributed by atoms with Crippen LogP contribution in [0, 0.1) is 5.41 Å². The Balaban J connectivity index is 3.64. The van der Waals surface area contributed by atoms with E-state index in [-0.39, 0.29) is 0 Å². The van der Waals surface area contributed by atoms with Gasteiger partial charge in [-0.3, -0.25) is 0 Å². The fourth-order valence-electron chi connectivity index (χ4n) is 0.778. The van der Waals surface area contributed by atoms with Crippen molar-refractivity contribution in [1.82, 2.24) is 0 Å². The summed E-state index contributed by atoms with van der Waals surface area (Å²) in [5.41, 5.74) is 0.350. The van der Waals surface area contributed by atoms with E-state index in [4.69, 9.17) is 0 Å². The second kappa shape index (κ2) is 4.42. The number of hydrogen-bond acceptors (Lipinski definition) is 0. The molecule has 0 amide bonds. The minimum Gasteiger partial charge on any atom is -0.113 e. The molecule has 1 atom stereocenters. The predicted molar refractivity (Wildman–Crippen MR) is 61.5 cm³/mol. The molecule has 0 radical (unpaired) electrons. The lowest BCUT2D eigenvalue weighted by molar-refractivity contribution is 0.543. The van der Waals surface area contributed by atoms with Crippen molar-refractivity contribution in [2.75, 3.05) is 6.16 Å². The standard InChI is InChI=1S/C11H23P/c1-10(2,3)8-7-9-12-11(4,5)6/h7-8,12H,9H2,1-6H3/b8-7+. The van der Waals surface area contributed by atoms with Gasteiger partial charge in [0.15, 0.2) is 0 Å². The van der Waals surface area contributed by atoms with E-state index in [1.54, 1.807) is 0 Å². The van der Waals surface area contributed by atoms with Gasteiger partial charge in [0.05, 0.1) is 0 Å². The van der Waals surface area contributed by atoms with Crippen molar-refractivity contribution in [3.05, 3.63) is 12.2 Å². The molecule has 0 rings (SSSR count). The highest BCUT2D eigenvalue weighted by Gasteiger charge is 2.08. The van der Waals surface area contributed by atoms with Gasteiger partial charge < -0.3 is 0 Å². The van der Waals surface area contributed by atoms with Crippen LogP contribution >= 0.6 is 8.58 Å². The lowest BCUT2D eigenvalue weighted by Gasteiger charge is -2.17. The van der Waals surface area contributed by atoms with Crippen molar-refractivity contribution < 1.29 is 0 Å². The molecule has 0 saturated carbocycles. The van der Waals surface area contributed by atoms with Crippen LogP contribution in [0.2, 0.25) is 0 Å². The first-order valence-corrected chi connectivity index (χ1v) is 5.84. The third-order valence-corrected chi connectivity index (χ3v) is 2.87. The third-order valence-electron chi connectivity index (χ3n) is 1.37. The maximum atomic E-state index is 2.32. The molecule has 72 valence electrons. The zero-order valence-corrected chi connectivity index (χ0v) is 10.4. The third kappa shape index (κ3) is 10.2. The van der Waals surface area contributed by atoms with Crippen LogP contribution in [0.4, 0.5) is 0 Å². The molecule has 0 aliphatic carbocycles. The minimum atomic E-state index is 0.350. The SMILES string of the molecule is CC(C)(C)/C=C/CPC(C)(C)C. The molecule has 0 aliphatic rings. The van der Waals surface area contributed by atoms with Crippen molar-refractivity contribution in [3.63, 3.8) is 0 Å². The highest BCUT2D eigenvalue weighted by atomic mass is 31.1. The molecule has 1 heteroatoms. The number of hydrogen-bond donors (Lipinski definition) is 0. The molecule has 0 spiro atoms. The lowest BCUT2D eigenvalue weighted by atomic mass is 9.97. The Morgan fingerprint density at radius 2 is 1.50 bits per heavy atom. The maximum Gasteiger partial charge on any atom is -0.0167 e. The van der Waals surface area contributed by atoms with Gasteiger partial charge >= 0.3 is 0 Å². The van der Waals surface area contributed by atoms with E-state index in [1.807, 2.05) is 0 Å². The Bertz CT molecular complexity index is 143. The van der Waals surface area contributed by atoms with Crippen LogP contribution in [0.15, 0.2) is 12.2 Å². The van der Waals surface area contributed by atoms with E-state index in [2.05, 4.69) is 53.7 Å². The summed E-state index contributed by atoms with van der Waals surface area (Å²) in [6.45, 7) is 13.6. The molecule has 1 unspecified atom stereocenters. The summed E-state index contributed by atoms with van der Waals surface area (Å²) >= 11 is 0. The number of rotatable bonds is 2. The van der Waals surface area contributed by atoms with E-state index in [0.29, 0.717) is 10.6 Å². The zero-order chi connectivity index (χ0) is 9.83. The molecular formula is C11H23P. The van der Waals surface area contributed by atoms with Crippen molar-refractivity contribution >= 4 is 8.58 Å². The molecule has 0 aromatic heterocycles. The summed E-state index contributed by atoms with van der Waals surface area (Å²) < 4.78 is 0. The van der Waals surface area contributed by atoms with Gasteiger partial charge in [-0.05, 0) is 16.7 Å². The molecule has 0 aliphatic heterocycles. The smallest absolute Gasteiger partial charge is 0.0167 e. The second-order valence-corrected chi connectivity index (χ2v) is 7.66. The van der Waals surface area contributed by atoms with Gasteiger partial charge in [-0.15, -0.1) is 8.58 Å². The zero-order valence-electron chi connectivity index (χ0n) is 9.36. The van der Waals surface area contributed by atoms with Gasteiger partial charge in [0.2, 0.25) is 0 Å². The van der Waals surface area contributed by atoms with Crippen LogP contribution in [0.25, 0.3) is 0 Å². The lowest BCUT2D eigenvalue weighted by Crippen LogP contribution is -2.05. The van der Waals surface area contributed by atoms with E-state index in [9.17, 15) is 0 Å². The molecule has 0 saturated heterocycles. The molecule has 0 heterocycles. The van der Waals surface area contributed by atoms with E-state index in [1.165, 1.54) is 6.16 Å². The van der Waals surface area contributed by atoms with Crippen molar-refractivity contribution in [2.24, 2.45) is 5.41 Å². The quantitative estimate of drug-likeness (QED) is 0.450. The van der Waals surface area contributed by atoms with Gasteiger partial charge in [0.25, 0.3) is 0 Å². The molecule has 0 fully saturated rings. The first-order valence-electron chi connectivity index (χ1n) is 4.63. The summed E-state index contributed by atoms with van der Waals surface area (Å²) in [4.78, 5) is 0. The Morgan fingerprint density at radius 3 is 1.83 bits per heavy atom. The van der Waals surface area contributed by atoms with Gasteiger partial charge in [-0.1, -0.05) is 53.7 Å². The fraction of sp³-hybridized carbons (Fsp3) is 0.818. The monoisotopic (exact) mass is 186 g/mol. The number of allylic oxidation sites excluding steroid dienone is 2. The molecular weight excluding hydrogens is 163 g/mol. The summed E-state index contributed by atoms with van der Waals surface area (Å²) in [6, 6.07) is 0. The molecule has 0 aromatic rings.